The summed E-state index contributed by atoms with van der Waals surface area (Å²) in [6.07, 6.45) is 2.51. The van der Waals surface area contributed by atoms with E-state index < -0.39 is 0 Å². The van der Waals surface area contributed by atoms with E-state index in [2.05, 4.69) is 27.3 Å². The van der Waals surface area contributed by atoms with E-state index >= 15 is 0 Å². The van der Waals surface area contributed by atoms with Gasteiger partial charge < -0.3 is 5.32 Å². The Morgan fingerprint density at radius 2 is 1.87 bits per heavy atom. The van der Waals surface area contributed by atoms with Crippen LogP contribution in [0.25, 0.3) is 11.3 Å². The normalized spacial score (nSPS) is 29.5. The molecule has 120 valence electrons. The van der Waals surface area contributed by atoms with E-state index in [1.54, 1.807) is 18.2 Å². The van der Waals surface area contributed by atoms with Gasteiger partial charge in [0.2, 0.25) is 0 Å². The summed E-state index contributed by atoms with van der Waals surface area (Å²) in [7, 11) is 0. The standard InChI is InChI=1S/C18H21FN4/c1-12-18(13-8-10-23(12)11-9-13)20-17-7-6-16(21-22-17)14-4-2-3-5-15(14)19/h2-7,12-13,18H,8-11H2,1H3,(H,20,22)/t12-,18-/m1/s1. The van der Waals surface area contributed by atoms with Crippen molar-refractivity contribution in [2.24, 2.45) is 5.92 Å². The Labute approximate surface area is 135 Å². The van der Waals surface area contributed by atoms with Gasteiger partial charge in [0.25, 0.3) is 0 Å². The smallest absolute Gasteiger partial charge is 0.148 e. The maximum Gasteiger partial charge on any atom is 0.148 e. The van der Waals surface area contributed by atoms with Crippen LogP contribution in [0.3, 0.4) is 0 Å². The van der Waals surface area contributed by atoms with Crippen molar-refractivity contribution in [3.63, 3.8) is 0 Å². The summed E-state index contributed by atoms with van der Waals surface area (Å²) in [4.78, 5) is 2.54. The van der Waals surface area contributed by atoms with Crippen LogP contribution in [0.2, 0.25) is 0 Å². The maximum atomic E-state index is 13.8. The minimum Gasteiger partial charge on any atom is -0.364 e. The van der Waals surface area contributed by atoms with Gasteiger partial charge in [0, 0.05) is 17.6 Å². The molecule has 1 aromatic carbocycles. The third kappa shape index (κ3) is 2.70. The van der Waals surface area contributed by atoms with Crippen molar-refractivity contribution in [1.82, 2.24) is 15.1 Å². The Hall–Kier alpha value is -2.01. The topological polar surface area (TPSA) is 41.1 Å². The van der Waals surface area contributed by atoms with Crippen LogP contribution in [0, 0.1) is 11.7 Å². The molecule has 0 radical (unpaired) electrons. The minimum absolute atomic E-state index is 0.270. The molecule has 0 spiro atoms. The highest BCUT2D eigenvalue weighted by molar-refractivity contribution is 5.60. The molecular weight excluding hydrogens is 291 g/mol. The fourth-order valence-corrected chi connectivity index (χ4v) is 3.94. The number of anilines is 1. The fraction of sp³-hybridized carbons (Fsp3) is 0.444. The lowest BCUT2D eigenvalue weighted by Crippen LogP contribution is -2.59. The lowest BCUT2D eigenvalue weighted by Gasteiger charge is -2.50. The molecule has 0 aliphatic carbocycles. The summed E-state index contributed by atoms with van der Waals surface area (Å²) in [5, 5.41) is 12.0. The van der Waals surface area contributed by atoms with Gasteiger partial charge in [-0.3, -0.25) is 4.90 Å². The van der Waals surface area contributed by atoms with E-state index in [1.807, 2.05) is 12.1 Å². The molecule has 1 aromatic heterocycles. The quantitative estimate of drug-likeness (QED) is 0.945. The highest BCUT2D eigenvalue weighted by atomic mass is 19.1. The number of rotatable bonds is 3. The summed E-state index contributed by atoms with van der Waals surface area (Å²) in [6, 6.07) is 11.3. The average Bonchev–Trinajstić information content (AvgIpc) is 2.60. The first kappa shape index (κ1) is 14.6. The zero-order chi connectivity index (χ0) is 15.8. The zero-order valence-electron chi connectivity index (χ0n) is 13.2. The van der Waals surface area contributed by atoms with Gasteiger partial charge in [0.1, 0.15) is 11.6 Å². The summed E-state index contributed by atoms with van der Waals surface area (Å²) in [6.45, 7) is 4.70. The van der Waals surface area contributed by atoms with Crippen LogP contribution in [0.5, 0.6) is 0 Å². The van der Waals surface area contributed by atoms with Gasteiger partial charge in [-0.15, -0.1) is 10.2 Å². The van der Waals surface area contributed by atoms with Gasteiger partial charge in [-0.05, 0) is 63.0 Å². The lowest BCUT2D eigenvalue weighted by atomic mass is 9.79. The van der Waals surface area contributed by atoms with Crippen LogP contribution < -0.4 is 5.32 Å². The minimum atomic E-state index is -0.270. The van der Waals surface area contributed by atoms with Crippen molar-refractivity contribution in [3.05, 3.63) is 42.2 Å². The molecule has 3 aliphatic heterocycles. The van der Waals surface area contributed by atoms with Crippen molar-refractivity contribution in [3.8, 4) is 11.3 Å². The van der Waals surface area contributed by atoms with Crippen molar-refractivity contribution in [1.29, 1.82) is 0 Å². The Morgan fingerprint density at radius 3 is 2.52 bits per heavy atom. The van der Waals surface area contributed by atoms with E-state index in [0.29, 0.717) is 29.3 Å². The van der Waals surface area contributed by atoms with E-state index in [-0.39, 0.29) is 5.82 Å². The molecule has 4 heterocycles. The number of nitrogens with one attached hydrogen (secondary N) is 1. The second kappa shape index (κ2) is 5.89. The molecule has 1 N–H and O–H groups in total. The van der Waals surface area contributed by atoms with E-state index in [4.69, 9.17) is 0 Å². The molecule has 5 heteroatoms. The Morgan fingerprint density at radius 1 is 1.09 bits per heavy atom. The summed E-state index contributed by atoms with van der Waals surface area (Å²) in [5.41, 5.74) is 1.05. The highest BCUT2D eigenvalue weighted by Gasteiger charge is 2.39. The van der Waals surface area contributed by atoms with E-state index in [9.17, 15) is 4.39 Å². The third-order valence-electron chi connectivity index (χ3n) is 5.31. The lowest BCUT2D eigenvalue weighted by molar-refractivity contribution is 0.0457. The zero-order valence-corrected chi connectivity index (χ0v) is 13.2. The van der Waals surface area contributed by atoms with Gasteiger partial charge in [-0.2, -0.15) is 0 Å². The van der Waals surface area contributed by atoms with Gasteiger partial charge in [0.15, 0.2) is 0 Å². The first-order valence-corrected chi connectivity index (χ1v) is 8.31. The number of aromatic nitrogens is 2. The number of nitrogens with zero attached hydrogens (tertiary/aromatic N) is 3. The summed E-state index contributed by atoms with van der Waals surface area (Å²) in [5.74, 6) is 1.22. The fourth-order valence-electron chi connectivity index (χ4n) is 3.94. The van der Waals surface area contributed by atoms with Gasteiger partial charge in [-0.25, -0.2) is 4.39 Å². The molecule has 23 heavy (non-hydrogen) atoms. The number of hydrogen-bond acceptors (Lipinski definition) is 4. The third-order valence-corrected chi connectivity index (χ3v) is 5.31. The first-order valence-electron chi connectivity index (χ1n) is 8.31. The molecule has 3 aliphatic rings. The molecule has 2 aromatic rings. The predicted molar refractivity (Wildman–Crippen MR) is 88.6 cm³/mol. The van der Waals surface area contributed by atoms with Crippen molar-refractivity contribution >= 4 is 5.82 Å². The molecule has 3 saturated heterocycles. The van der Waals surface area contributed by atoms with Crippen LogP contribution in [-0.4, -0.2) is 40.3 Å². The molecule has 0 amide bonds. The number of fused-ring (bicyclic) bond motifs is 3. The van der Waals surface area contributed by atoms with Gasteiger partial charge in [-0.1, -0.05) is 12.1 Å². The van der Waals surface area contributed by atoms with Crippen LogP contribution in [0.4, 0.5) is 10.2 Å². The van der Waals surface area contributed by atoms with Crippen LogP contribution >= 0.6 is 0 Å². The number of piperidine rings is 3. The van der Waals surface area contributed by atoms with Crippen LogP contribution in [0.1, 0.15) is 19.8 Å². The number of hydrogen-bond donors (Lipinski definition) is 1. The van der Waals surface area contributed by atoms with Crippen molar-refractivity contribution in [2.75, 3.05) is 18.4 Å². The molecular formula is C18H21FN4. The largest absolute Gasteiger partial charge is 0.364 e. The molecule has 4 nitrogen and oxygen atoms in total. The maximum absolute atomic E-state index is 13.8. The molecule has 0 unspecified atom stereocenters. The van der Waals surface area contributed by atoms with Gasteiger partial charge in [0.05, 0.1) is 5.69 Å². The second-order valence-electron chi connectivity index (χ2n) is 6.57. The Bertz CT molecular complexity index is 678. The molecule has 5 rings (SSSR count). The van der Waals surface area contributed by atoms with Crippen LogP contribution in [0.15, 0.2) is 36.4 Å². The average molecular weight is 312 g/mol. The van der Waals surface area contributed by atoms with Crippen molar-refractivity contribution in [2.45, 2.75) is 31.8 Å². The number of benzene rings is 1. The van der Waals surface area contributed by atoms with Gasteiger partial charge >= 0.3 is 0 Å². The number of halogens is 1. The van der Waals surface area contributed by atoms with E-state index in [1.165, 1.54) is 32.0 Å². The molecule has 0 saturated carbocycles. The monoisotopic (exact) mass is 312 g/mol. The highest BCUT2D eigenvalue weighted by Crippen LogP contribution is 2.33. The second-order valence-corrected chi connectivity index (χ2v) is 6.57. The SMILES string of the molecule is C[C@@H]1[C@@H](Nc2ccc(-c3ccccc3F)nn2)C2CCN1CC2. The molecule has 3 fully saturated rings. The van der Waals surface area contributed by atoms with Crippen LogP contribution in [-0.2, 0) is 0 Å². The first-order chi connectivity index (χ1) is 11.2. The Kier molecular flexibility index (Phi) is 3.73. The summed E-state index contributed by atoms with van der Waals surface area (Å²) < 4.78 is 13.8. The molecule has 2 atom stereocenters. The Balaban J connectivity index is 1.52. The molecule has 2 bridgehead atoms. The summed E-state index contributed by atoms with van der Waals surface area (Å²) >= 11 is 0. The van der Waals surface area contributed by atoms with E-state index in [0.717, 1.165) is 5.82 Å². The predicted octanol–water partition coefficient (Wildman–Crippen LogP) is 3.18. The van der Waals surface area contributed by atoms with Crippen molar-refractivity contribution < 1.29 is 4.39 Å².